The molecule has 136 valence electrons. The third-order valence-electron chi connectivity index (χ3n) is 5.92. The second kappa shape index (κ2) is 6.38. The Hall–Kier alpha value is -2.88. The van der Waals surface area contributed by atoms with Crippen LogP contribution in [0.2, 0.25) is 0 Å². The fraction of sp³-hybridized carbons (Fsp3) is 0.304. The molecule has 0 spiro atoms. The van der Waals surface area contributed by atoms with Crippen LogP contribution in [0.5, 0.6) is 0 Å². The third kappa shape index (κ3) is 2.76. The molecular formula is C23H22N2O2. The number of fused-ring (bicyclic) bond motifs is 4. The summed E-state index contributed by atoms with van der Waals surface area (Å²) in [5.74, 6) is 0.272. The van der Waals surface area contributed by atoms with Crippen LogP contribution in [-0.4, -0.2) is 28.1 Å². The molecule has 0 unspecified atom stereocenters. The standard InChI is InChI=1S/C23H22N2O2/c26-22-8-4-1-5-15-13-16(9-10-17(15)22)23(27)25-12-11-21-19(14-25)18-6-2-3-7-20(18)24-21/h2-3,6-7,9-10,13,24H,1,4-5,8,11-12,14H2. The molecule has 2 heterocycles. The van der Waals surface area contributed by atoms with Crippen molar-refractivity contribution in [2.45, 2.75) is 38.6 Å². The van der Waals surface area contributed by atoms with E-state index in [0.717, 1.165) is 42.3 Å². The van der Waals surface area contributed by atoms with Gasteiger partial charge in [0, 0.05) is 59.2 Å². The SMILES string of the molecule is O=C1CCCCc2cc(C(=O)N3CCc4[nH]c5ccccc5c4C3)ccc21. The Morgan fingerprint density at radius 3 is 2.78 bits per heavy atom. The van der Waals surface area contributed by atoms with E-state index >= 15 is 0 Å². The van der Waals surface area contributed by atoms with E-state index in [-0.39, 0.29) is 11.7 Å². The number of para-hydroxylation sites is 1. The average Bonchev–Trinajstić information content (AvgIpc) is 2.97. The minimum Gasteiger partial charge on any atom is -0.358 e. The number of carbonyl (C=O) groups excluding carboxylic acids is 2. The number of aromatic amines is 1. The normalized spacial score (nSPS) is 16.7. The van der Waals surface area contributed by atoms with Crippen molar-refractivity contribution >= 4 is 22.6 Å². The van der Waals surface area contributed by atoms with Crippen LogP contribution in [0.4, 0.5) is 0 Å². The van der Waals surface area contributed by atoms with E-state index < -0.39 is 0 Å². The summed E-state index contributed by atoms with van der Waals surface area (Å²) < 4.78 is 0. The maximum Gasteiger partial charge on any atom is 0.254 e. The van der Waals surface area contributed by atoms with E-state index in [1.165, 1.54) is 16.6 Å². The average molecular weight is 358 g/mol. The Morgan fingerprint density at radius 1 is 1.00 bits per heavy atom. The molecule has 1 aromatic heterocycles. The molecule has 27 heavy (non-hydrogen) atoms. The molecular weight excluding hydrogens is 336 g/mol. The lowest BCUT2D eigenvalue weighted by atomic mass is 9.98. The fourth-order valence-corrected chi connectivity index (χ4v) is 4.46. The summed E-state index contributed by atoms with van der Waals surface area (Å²) in [4.78, 5) is 30.8. The smallest absolute Gasteiger partial charge is 0.254 e. The van der Waals surface area contributed by atoms with Gasteiger partial charge in [0.15, 0.2) is 5.78 Å². The maximum absolute atomic E-state index is 13.2. The summed E-state index contributed by atoms with van der Waals surface area (Å²) in [6.45, 7) is 1.35. The third-order valence-corrected chi connectivity index (χ3v) is 5.92. The number of rotatable bonds is 1. The molecule has 2 aromatic carbocycles. The highest BCUT2D eigenvalue weighted by atomic mass is 16.2. The molecule has 5 rings (SSSR count). The zero-order valence-corrected chi connectivity index (χ0v) is 15.3. The Morgan fingerprint density at radius 2 is 1.85 bits per heavy atom. The van der Waals surface area contributed by atoms with E-state index in [0.29, 0.717) is 25.1 Å². The highest BCUT2D eigenvalue weighted by Gasteiger charge is 2.25. The number of benzene rings is 2. The molecule has 4 heteroatoms. The summed E-state index contributed by atoms with van der Waals surface area (Å²) >= 11 is 0. The van der Waals surface area contributed by atoms with Crippen molar-refractivity contribution < 1.29 is 9.59 Å². The van der Waals surface area contributed by atoms with Gasteiger partial charge in [0.1, 0.15) is 0 Å². The monoisotopic (exact) mass is 358 g/mol. The van der Waals surface area contributed by atoms with Crippen LogP contribution >= 0.6 is 0 Å². The van der Waals surface area contributed by atoms with Gasteiger partial charge in [-0.3, -0.25) is 9.59 Å². The van der Waals surface area contributed by atoms with Crippen molar-refractivity contribution in [3.05, 3.63) is 70.4 Å². The Labute approximate surface area is 158 Å². The first kappa shape index (κ1) is 16.3. The summed E-state index contributed by atoms with van der Waals surface area (Å²) in [5, 5.41) is 1.21. The molecule has 1 aliphatic heterocycles. The van der Waals surface area contributed by atoms with Crippen LogP contribution in [-0.2, 0) is 19.4 Å². The predicted molar refractivity (Wildman–Crippen MR) is 105 cm³/mol. The summed E-state index contributed by atoms with van der Waals surface area (Å²) in [6.07, 6.45) is 4.30. The van der Waals surface area contributed by atoms with Crippen LogP contribution in [0.15, 0.2) is 42.5 Å². The van der Waals surface area contributed by atoms with Crippen LogP contribution < -0.4 is 0 Å². The highest BCUT2D eigenvalue weighted by Crippen LogP contribution is 2.29. The number of aryl methyl sites for hydroxylation is 1. The Kier molecular flexibility index (Phi) is 3.85. The molecule has 4 nitrogen and oxygen atoms in total. The first-order chi connectivity index (χ1) is 13.2. The zero-order valence-electron chi connectivity index (χ0n) is 15.3. The van der Waals surface area contributed by atoms with E-state index in [9.17, 15) is 9.59 Å². The van der Waals surface area contributed by atoms with Crippen molar-refractivity contribution in [3.8, 4) is 0 Å². The van der Waals surface area contributed by atoms with E-state index in [2.05, 4.69) is 17.1 Å². The van der Waals surface area contributed by atoms with Crippen LogP contribution in [0, 0.1) is 0 Å². The van der Waals surface area contributed by atoms with Gasteiger partial charge >= 0.3 is 0 Å². The van der Waals surface area contributed by atoms with Gasteiger partial charge in [0.25, 0.3) is 5.91 Å². The van der Waals surface area contributed by atoms with Gasteiger partial charge in [0.05, 0.1) is 0 Å². The molecule has 0 radical (unpaired) electrons. The number of nitrogens with zero attached hydrogens (tertiary/aromatic N) is 1. The van der Waals surface area contributed by atoms with Gasteiger partial charge in [-0.1, -0.05) is 24.3 Å². The number of amides is 1. The molecule has 0 bridgehead atoms. The molecule has 1 aliphatic carbocycles. The first-order valence-corrected chi connectivity index (χ1v) is 9.74. The Bertz CT molecular complexity index is 1060. The molecule has 3 aromatic rings. The predicted octanol–water partition coefficient (Wildman–Crippen LogP) is 4.28. The van der Waals surface area contributed by atoms with Crippen molar-refractivity contribution in [2.24, 2.45) is 0 Å². The largest absolute Gasteiger partial charge is 0.358 e. The molecule has 1 amide bonds. The van der Waals surface area contributed by atoms with Crippen molar-refractivity contribution in [1.82, 2.24) is 9.88 Å². The second-order valence-electron chi connectivity index (χ2n) is 7.61. The number of ketones is 1. The molecule has 2 aliphatic rings. The van der Waals surface area contributed by atoms with E-state index in [1.54, 1.807) is 0 Å². The first-order valence-electron chi connectivity index (χ1n) is 9.74. The van der Waals surface area contributed by atoms with Gasteiger partial charge in [-0.05, 0) is 43.0 Å². The molecule has 0 saturated carbocycles. The quantitative estimate of drug-likeness (QED) is 0.660. The molecule has 1 N–H and O–H groups in total. The number of hydrogen-bond donors (Lipinski definition) is 1. The van der Waals surface area contributed by atoms with Crippen LogP contribution in [0.25, 0.3) is 10.9 Å². The lowest BCUT2D eigenvalue weighted by Gasteiger charge is -2.27. The highest BCUT2D eigenvalue weighted by molar-refractivity contribution is 6.00. The lowest BCUT2D eigenvalue weighted by Crippen LogP contribution is -2.35. The van der Waals surface area contributed by atoms with Crippen LogP contribution in [0.3, 0.4) is 0 Å². The molecule has 0 atom stereocenters. The van der Waals surface area contributed by atoms with E-state index in [1.807, 2.05) is 35.2 Å². The minimum absolute atomic E-state index is 0.0606. The topological polar surface area (TPSA) is 53.2 Å². The minimum atomic E-state index is 0.0606. The van der Waals surface area contributed by atoms with Gasteiger partial charge in [-0.2, -0.15) is 0 Å². The number of hydrogen-bond acceptors (Lipinski definition) is 2. The van der Waals surface area contributed by atoms with E-state index in [4.69, 9.17) is 0 Å². The second-order valence-corrected chi connectivity index (χ2v) is 7.61. The van der Waals surface area contributed by atoms with Gasteiger partial charge in [-0.15, -0.1) is 0 Å². The molecule has 0 saturated heterocycles. The lowest BCUT2D eigenvalue weighted by molar-refractivity contribution is 0.0734. The number of carbonyl (C=O) groups is 2. The van der Waals surface area contributed by atoms with Crippen molar-refractivity contribution in [2.75, 3.05) is 6.54 Å². The summed E-state index contributed by atoms with van der Waals surface area (Å²) in [7, 11) is 0. The van der Waals surface area contributed by atoms with Gasteiger partial charge < -0.3 is 9.88 Å². The van der Waals surface area contributed by atoms with Crippen LogP contribution in [0.1, 0.15) is 56.8 Å². The number of H-pyrrole nitrogens is 1. The zero-order chi connectivity index (χ0) is 18.4. The summed E-state index contributed by atoms with van der Waals surface area (Å²) in [6, 6.07) is 13.9. The number of nitrogens with one attached hydrogen (secondary N) is 1. The maximum atomic E-state index is 13.2. The van der Waals surface area contributed by atoms with Gasteiger partial charge in [-0.25, -0.2) is 0 Å². The fourth-order valence-electron chi connectivity index (χ4n) is 4.46. The number of Topliss-reactive ketones (excluding diaryl/α,β-unsaturated/α-hetero) is 1. The van der Waals surface area contributed by atoms with Crippen molar-refractivity contribution in [3.63, 3.8) is 0 Å². The Balaban J connectivity index is 1.45. The summed E-state index contributed by atoms with van der Waals surface area (Å²) in [5.41, 5.74) is 6.16. The van der Waals surface area contributed by atoms with Crippen molar-refractivity contribution in [1.29, 1.82) is 0 Å². The van der Waals surface area contributed by atoms with Gasteiger partial charge in [0.2, 0.25) is 0 Å². The molecule has 0 fully saturated rings. The number of aromatic nitrogens is 1.